The van der Waals surface area contributed by atoms with Gasteiger partial charge in [0.25, 0.3) is 0 Å². The van der Waals surface area contributed by atoms with Gasteiger partial charge >= 0.3 is 0 Å². The van der Waals surface area contributed by atoms with Gasteiger partial charge in [-0.25, -0.2) is 4.98 Å². The van der Waals surface area contributed by atoms with E-state index in [1.807, 2.05) is 16.7 Å². The maximum atomic E-state index is 8.93. The standard InChI is InChI=1S/C13H13N3O/c1-2-16-10-15-8-12(16)9-17-13-6-4-3-5-11(13)7-14/h3-6,8,10H,2,9H2,1H3. The molecule has 0 aliphatic rings. The summed E-state index contributed by atoms with van der Waals surface area (Å²) in [5.41, 5.74) is 1.55. The molecule has 2 rings (SSSR count). The molecule has 0 unspecified atom stereocenters. The first-order valence-corrected chi connectivity index (χ1v) is 5.46. The van der Waals surface area contributed by atoms with E-state index >= 15 is 0 Å². The van der Waals surface area contributed by atoms with Crippen LogP contribution in [0.25, 0.3) is 0 Å². The van der Waals surface area contributed by atoms with Crippen LogP contribution in [-0.4, -0.2) is 9.55 Å². The van der Waals surface area contributed by atoms with E-state index in [0.29, 0.717) is 17.9 Å². The van der Waals surface area contributed by atoms with Gasteiger partial charge < -0.3 is 9.30 Å². The molecule has 4 heteroatoms. The molecule has 1 heterocycles. The molecule has 2 aromatic rings. The van der Waals surface area contributed by atoms with Crippen molar-refractivity contribution in [3.05, 3.63) is 48.0 Å². The summed E-state index contributed by atoms with van der Waals surface area (Å²) in [5.74, 6) is 0.610. The fourth-order valence-corrected chi connectivity index (χ4v) is 1.59. The fraction of sp³-hybridized carbons (Fsp3) is 0.231. The number of para-hydroxylation sites is 1. The maximum Gasteiger partial charge on any atom is 0.137 e. The first-order valence-electron chi connectivity index (χ1n) is 5.46. The molecule has 0 bridgehead atoms. The van der Waals surface area contributed by atoms with E-state index in [4.69, 9.17) is 10.00 Å². The van der Waals surface area contributed by atoms with Crippen molar-refractivity contribution >= 4 is 0 Å². The Morgan fingerprint density at radius 3 is 3.00 bits per heavy atom. The third kappa shape index (κ3) is 2.45. The van der Waals surface area contributed by atoms with Gasteiger partial charge in [-0.3, -0.25) is 0 Å². The predicted molar refractivity (Wildman–Crippen MR) is 63.4 cm³/mol. The van der Waals surface area contributed by atoms with Crippen LogP contribution in [0.2, 0.25) is 0 Å². The van der Waals surface area contributed by atoms with Gasteiger partial charge in [-0.2, -0.15) is 5.26 Å². The molecule has 0 N–H and O–H groups in total. The lowest BCUT2D eigenvalue weighted by Crippen LogP contribution is -2.04. The number of rotatable bonds is 4. The summed E-state index contributed by atoms with van der Waals surface area (Å²) in [6, 6.07) is 9.32. The molecule has 0 aliphatic heterocycles. The van der Waals surface area contributed by atoms with E-state index in [0.717, 1.165) is 12.2 Å². The van der Waals surface area contributed by atoms with Gasteiger partial charge in [0, 0.05) is 6.54 Å². The fourth-order valence-electron chi connectivity index (χ4n) is 1.59. The van der Waals surface area contributed by atoms with Gasteiger partial charge in [-0.1, -0.05) is 12.1 Å². The minimum atomic E-state index is 0.423. The average molecular weight is 227 g/mol. The van der Waals surface area contributed by atoms with Crippen LogP contribution in [0.15, 0.2) is 36.8 Å². The number of aromatic nitrogens is 2. The molecule has 0 saturated heterocycles. The summed E-state index contributed by atoms with van der Waals surface area (Å²) < 4.78 is 7.64. The molecule has 0 spiro atoms. The summed E-state index contributed by atoms with van der Waals surface area (Å²) >= 11 is 0. The minimum absolute atomic E-state index is 0.423. The Morgan fingerprint density at radius 2 is 2.24 bits per heavy atom. The lowest BCUT2D eigenvalue weighted by atomic mass is 10.2. The highest BCUT2D eigenvalue weighted by Gasteiger charge is 2.04. The molecular weight excluding hydrogens is 214 g/mol. The first-order chi connectivity index (χ1) is 8.35. The van der Waals surface area contributed by atoms with Crippen molar-refractivity contribution in [2.75, 3.05) is 0 Å². The van der Waals surface area contributed by atoms with Gasteiger partial charge in [-0.05, 0) is 19.1 Å². The van der Waals surface area contributed by atoms with E-state index in [1.165, 1.54) is 0 Å². The average Bonchev–Trinajstić information content (AvgIpc) is 2.84. The molecule has 17 heavy (non-hydrogen) atoms. The molecule has 0 atom stereocenters. The normalized spacial score (nSPS) is 9.88. The maximum absolute atomic E-state index is 8.93. The Labute approximate surface area is 100 Å². The zero-order valence-corrected chi connectivity index (χ0v) is 9.63. The van der Waals surface area contributed by atoms with Gasteiger partial charge in [0.05, 0.1) is 23.8 Å². The van der Waals surface area contributed by atoms with Crippen molar-refractivity contribution < 1.29 is 4.74 Å². The summed E-state index contributed by atoms with van der Waals surface area (Å²) in [4.78, 5) is 4.07. The Bertz CT molecular complexity index is 540. The van der Waals surface area contributed by atoms with Crippen molar-refractivity contribution in [3.8, 4) is 11.8 Å². The number of ether oxygens (including phenoxy) is 1. The molecule has 0 aliphatic carbocycles. The quantitative estimate of drug-likeness (QED) is 0.805. The zero-order valence-electron chi connectivity index (χ0n) is 9.63. The second-order valence-electron chi connectivity index (χ2n) is 3.57. The summed E-state index contributed by atoms with van der Waals surface area (Å²) in [7, 11) is 0. The largest absolute Gasteiger partial charge is 0.486 e. The van der Waals surface area contributed by atoms with Crippen molar-refractivity contribution in [1.29, 1.82) is 5.26 Å². The summed E-state index contributed by atoms with van der Waals surface area (Å²) in [6.07, 6.45) is 3.55. The van der Waals surface area contributed by atoms with E-state index in [1.54, 1.807) is 24.7 Å². The van der Waals surface area contributed by atoms with Crippen LogP contribution in [0.4, 0.5) is 0 Å². The third-order valence-corrected chi connectivity index (χ3v) is 2.52. The van der Waals surface area contributed by atoms with Crippen LogP contribution < -0.4 is 4.74 Å². The van der Waals surface area contributed by atoms with Crippen molar-refractivity contribution in [2.24, 2.45) is 0 Å². The molecule has 0 fully saturated rings. The molecule has 0 saturated carbocycles. The molecule has 0 radical (unpaired) electrons. The molecule has 1 aromatic heterocycles. The topological polar surface area (TPSA) is 50.8 Å². The Morgan fingerprint density at radius 1 is 1.41 bits per heavy atom. The van der Waals surface area contributed by atoms with E-state index in [-0.39, 0.29) is 0 Å². The third-order valence-electron chi connectivity index (χ3n) is 2.52. The molecule has 0 amide bonds. The number of nitriles is 1. The highest BCUT2D eigenvalue weighted by Crippen LogP contribution is 2.18. The number of imidazole rings is 1. The first kappa shape index (κ1) is 11.2. The minimum Gasteiger partial charge on any atom is -0.486 e. The van der Waals surface area contributed by atoms with Crippen LogP contribution in [0.5, 0.6) is 5.75 Å². The van der Waals surface area contributed by atoms with Crippen molar-refractivity contribution in [1.82, 2.24) is 9.55 Å². The van der Waals surface area contributed by atoms with Crippen molar-refractivity contribution in [3.63, 3.8) is 0 Å². The predicted octanol–water partition coefficient (Wildman–Crippen LogP) is 2.35. The number of aryl methyl sites for hydroxylation is 1. The van der Waals surface area contributed by atoms with Gasteiger partial charge in [-0.15, -0.1) is 0 Å². The van der Waals surface area contributed by atoms with Crippen molar-refractivity contribution in [2.45, 2.75) is 20.1 Å². The number of benzene rings is 1. The smallest absolute Gasteiger partial charge is 0.137 e. The number of nitrogens with zero attached hydrogens (tertiary/aromatic N) is 3. The van der Waals surface area contributed by atoms with Crippen LogP contribution in [0.1, 0.15) is 18.2 Å². The van der Waals surface area contributed by atoms with Crippen LogP contribution in [-0.2, 0) is 13.2 Å². The number of hydrogen-bond acceptors (Lipinski definition) is 3. The second kappa shape index (κ2) is 5.17. The molecule has 86 valence electrons. The zero-order chi connectivity index (χ0) is 12.1. The SMILES string of the molecule is CCn1cncc1COc1ccccc1C#N. The highest BCUT2D eigenvalue weighted by atomic mass is 16.5. The summed E-state index contributed by atoms with van der Waals surface area (Å²) in [6.45, 7) is 3.33. The summed E-state index contributed by atoms with van der Waals surface area (Å²) in [5, 5.41) is 8.93. The van der Waals surface area contributed by atoms with E-state index in [9.17, 15) is 0 Å². The Hall–Kier alpha value is -2.28. The Kier molecular flexibility index (Phi) is 3.41. The Balaban J connectivity index is 2.10. The highest BCUT2D eigenvalue weighted by molar-refractivity contribution is 5.42. The lowest BCUT2D eigenvalue weighted by molar-refractivity contribution is 0.294. The lowest BCUT2D eigenvalue weighted by Gasteiger charge is -2.08. The second-order valence-corrected chi connectivity index (χ2v) is 3.57. The van der Waals surface area contributed by atoms with Gasteiger partial charge in [0.2, 0.25) is 0 Å². The van der Waals surface area contributed by atoms with Crippen LogP contribution >= 0.6 is 0 Å². The van der Waals surface area contributed by atoms with Crippen LogP contribution in [0, 0.1) is 11.3 Å². The molecule has 4 nitrogen and oxygen atoms in total. The van der Waals surface area contributed by atoms with Gasteiger partial charge in [0.15, 0.2) is 0 Å². The molecular formula is C13H13N3O. The monoisotopic (exact) mass is 227 g/mol. The van der Waals surface area contributed by atoms with Crippen LogP contribution in [0.3, 0.4) is 0 Å². The van der Waals surface area contributed by atoms with Gasteiger partial charge in [0.1, 0.15) is 18.4 Å². The molecule has 1 aromatic carbocycles. The number of hydrogen-bond donors (Lipinski definition) is 0. The van der Waals surface area contributed by atoms with E-state index in [2.05, 4.69) is 18.0 Å². The van der Waals surface area contributed by atoms with E-state index < -0.39 is 0 Å².